The number of rotatable bonds is 5. The molecule has 0 aliphatic carbocycles. The Hall–Kier alpha value is -0.850. The van der Waals surface area contributed by atoms with Crippen molar-refractivity contribution in [1.29, 1.82) is 0 Å². The van der Waals surface area contributed by atoms with Gasteiger partial charge in [0, 0.05) is 40.8 Å². The van der Waals surface area contributed by atoms with E-state index in [-0.39, 0.29) is 0 Å². The van der Waals surface area contributed by atoms with Crippen LogP contribution >= 0.6 is 23.5 Å². The molecule has 4 nitrogen and oxygen atoms in total. The Labute approximate surface area is 128 Å². The first kappa shape index (κ1) is 15.5. The van der Waals surface area contributed by atoms with E-state index in [1.165, 1.54) is 22.8 Å². The highest BCUT2D eigenvalue weighted by molar-refractivity contribution is 8.06. The van der Waals surface area contributed by atoms with E-state index in [2.05, 4.69) is 29.3 Å². The van der Waals surface area contributed by atoms with Gasteiger partial charge in [-0.15, -0.1) is 0 Å². The van der Waals surface area contributed by atoms with E-state index in [4.69, 9.17) is 5.73 Å². The topological polar surface area (TPSA) is 67.2 Å². The molecule has 110 valence electrons. The van der Waals surface area contributed by atoms with Crippen LogP contribution in [0.25, 0.3) is 0 Å². The zero-order valence-electron chi connectivity index (χ0n) is 11.6. The Balaban J connectivity index is 1.82. The molecule has 1 aromatic carbocycles. The Kier molecular flexibility index (Phi) is 6.06. The Morgan fingerprint density at radius 1 is 1.40 bits per heavy atom. The number of hydrogen-bond donors (Lipinski definition) is 3. The van der Waals surface area contributed by atoms with Crippen molar-refractivity contribution in [3.63, 3.8) is 0 Å². The van der Waals surface area contributed by atoms with E-state index < -0.39 is 6.03 Å². The van der Waals surface area contributed by atoms with E-state index in [1.54, 1.807) is 0 Å². The number of nitrogens with two attached hydrogens (primary N) is 1. The van der Waals surface area contributed by atoms with Gasteiger partial charge in [0.15, 0.2) is 0 Å². The van der Waals surface area contributed by atoms with Gasteiger partial charge in [0.2, 0.25) is 0 Å². The zero-order valence-corrected chi connectivity index (χ0v) is 13.2. The van der Waals surface area contributed by atoms with Gasteiger partial charge >= 0.3 is 6.03 Å². The smallest absolute Gasteiger partial charge is 0.316 e. The zero-order chi connectivity index (χ0) is 14.4. The molecule has 20 heavy (non-hydrogen) atoms. The van der Waals surface area contributed by atoms with Crippen LogP contribution in [-0.4, -0.2) is 35.1 Å². The first-order chi connectivity index (χ1) is 9.65. The lowest BCUT2D eigenvalue weighted by atomic mass is 10.1. The molecular weight excluding hydrogens is 290 g/mol. The Morgan fingerprint density at radius 3 is 2.75 bits per heavy atom. The number of anilines is 1. The van der Waals surface area contributed by atoms with E-state index in [0.717, 1.165) is 12.2 Å². The molecule has 1 aliphatic heterocycles. The van der Waals surface area contributed by atoms with Crippen molar-refractivity contribution >= 4 is 35.2 Å². The maximum atomic E-state index is 10.8. The first-order valence-corrected chi connectivity index (χ1v) is 8.94. The van der Waals surface area contributed by atoms with Gasteiger partial charge in [0.05, 0.1) is 0 Å². The normalized spacial score (nSPS) is 20.4. The molecular formula is C14H21N3OS2. The third-order valence-corrected chi connectivity index (χ3v) is 6.06. The number of nitrogens with one attached hydrogen (secondary N) is 2. The Bertz CT molecular complexity index is 433. The quantitative estimate of drug-likeness (QED) is 0.782. The molecule has 0 radical (unpaired) electrons. The molecule has 2 unspecified atom stereocenters. The number of hydrogen-bond acceptors (Lipinski definition) is 4. The molecule has 2 amide bonds. The van der Waals surface area contributed by atoms with Crippen LogP contribution in [0, 0.1) is 0 Å². The maximum absolute atomic E-state index is 10.8. The molecule has 0 spiro atoms. The van der Waals surface area contributed by atoms with Crippen molar-refractivity contribution in [2.24, 2.45) is 5.73 Å². The fourth-order valence-electron chi connectivity index (χ4n) is 2.08. The van der Waals surface area contributed by atoms with Crippen molar-refractivity contribution in [3.8, 4) is 0 Å². The third kappa shape index (κ3) is 4.92. The number of urea groups is 1. The van der Waals surface area contributed by atoms with Crippen molar-refractivity contribution < 1.29 is 4.79 Å². The summed E-state index contributed by atoms with van der Waals surface area (Å²) in [7, 11) is 0. The maximum Gasteiger partial charge on any atom is 0.316 e. The summed E-state index contributed by atoms with van der Waals surface area (Å²) in [4.78, 5) is 10.8. The van der Waals surface area contributed by atoms with Crippen LogP contribution in [0.5, 0.6) is 0 Å². The van der Waals surface area contributed by atoms with E-state index in [1.807, 2.05) is 36.0 Å². The second kappa shape index (κ2) is 7.81. The second-order valence-corrected chi connectivity index (χ2v) is 7.37. The summed E-state index contributed by atoms with van der Waals surface area (Å²) >= 11 is 4.11. The predicted molar refractivity (Wildman–Crippen MR) is 89.6 cm³/mol. The second-order valence-electron chi connectivity index (χ2n) is 4.81. The SMILES string of the molecule is CC(NCC1CSCCS1)c1ccc(NC(N)=O)cc1. The van der Waals surface area contributed by atoms with Crippen LogP contribution < -0.4 is 16.4 Å². The van der Waals surface area contributed by atoms with Gasteiger partial charge in [-0.05, 0) is 24.6 Å². The number of primary amides is 1. The van der Waals surface area contributed by atoms with Crippen molar-refractivity contribution in [2.45, 2.75) is 18.2 Å². The van der Waals surface area contributed by atoms with Crippen LogP contribution in [0.2, 0.25) is 0 Å². The van der Waals surface area contributed by atoms with E-state index in [9.17, 15) is 4.79 Å². The molecule has 0 bridgehead atoms. The highest BCUT2D eigenvalue weighted by Crippen LogP contribution is 2.24. The van der Waals surface area contributed by atoms with Crippen molar-refractivity contribution in [2.75, 3.05) is 29.1 Å². The van der Waals surface area contributed by atoms with Crippen LogP contribution in [0.1, 0.15) is 18.5 Å². The summed E-state index contributed by atoms with van der Waals surface area (Å²) in [5.74, 6) is 3.79. The minimum absolute atomic E-state index is 0.310. The van der Waals surface area contributed by atoms with E-state index in [0.29, 0.717) is 11.3 Å². The molecule has 2 atom stereocenters. The third-order valence-electron chi connectivity index (χ3n) is 3.21. The number of benzene rings is 1. The number of amides is 2. The number of carbonyl (C=O) groups excluding carboxylic acids is 1. The lowest BCUT2D eigenvalue weighted by Crippen LogP contribution is -2.30. The van der Waals surface area contributed by atoms with Crippen LogP contribution in [0.3, 0.4) is 0 Å². The molecule has 1 aromatic rings. The fourth-order valence-corrected chi connectivity index (χ4v) is 4.70. The first-order valence-electron chi connectivity index (χ1n) is 6.74. The number of thioether (sulfide) groups is 2. The lowest BCUT2D eigenvalue weighted by Gasteiger charge is -2.23. The summed E-state index contributed by atoms with van der Waals surface area (Å²) in [5.41, 5.74) is 7.03. The molecule has 2 rings (SSSR count). The molecule has 1 heterocycles. The molecule has 4 N–H and O–H groups in total. The summed E-state index contributed by atoms with van der Waals surface area (Å²) in [6.07, 6.45) is 0. The van der Waals surface area contributed by atoms with Gasteiger partial charge in [-0.25, -0.2) is 4.79 Å². The van der Waals surface area contributed by atoms with Crippen LogP contribution in [0.4, 0.5) is 10.5 Å². The summed E-state index contributed by atoms with van der Waals surface area (Å²) in [6.45, 7) is 3.21. The molecule has 1 fully saturated rings. The van der Waals surface area contributed by atoms with Crippen LogP contribution in [-0.2, 0) is 0 Å². The van der Waals surface area contributed by atoms with Gasteiger partial charge in [0.1, 0.15) is 0 Å². The Morgan fingerprint density at radius 2 is 2.15 bits per heavy atom. The minimum Gasteiger partial charge on any atom is -0.351 e. The average molecular weight is 311 g/mol. The average Bonchev–Trinajstić information content (AvgIpc) is 2.46. The van der Waals surface area contributed by atoms with Crippen molar-refractivity contribution in [1.82, 2.24) is 5.32 Å². The summed E-state index contributed by atoms with van der Waals surface area (Å²) in [5, 5.41) is 6.86. The standard InChI is InChI=1S/C14H21N3OS2/c1-10(16-8-13-9-19-6-7-20-13)11-2-4-12(5-3-11)17-14(15)18/h2-5,10,13,16H,6-9H2,1H3,(H3,15,17,18). The summed E-state index contributed by atoms with van der Waals surface area (Å²) < 4.78 is 0. The predicted octanol–water partition coefficient (Wildman–Crippen LogP) is 2.68. The number of carbonyl (C=O) groups is 1. The van der Waals surface area contributed by atoms with Crippen molar-refractivity contribution in [3.05, 3.63) is 29.8 Å². The van der Waals surface area contributed by atoms with Gasteiger partial charge in [0.25, 0.3) is 0 Å². The van der Waals surface area contributed by atoms with Gasteiger partial charge in [-0.2, -0.15) is 23.5 Å². The fraction of sp³-hybridized carbons (Fsp3) is 0.500. The highest BCUT2D eigenvalue weighted by atomic mass is 32.2. The minimum atomic E-state index is -0.532. The van der Waals surface area contributed by atoms with E-state index >= 15 is 0 Å². The molecule has 0 saturated carbocycles. The molecule has 1 aliphatic rings. The van der Waals surface area contributed by atoms with Crippen LogP contribution in [0.15, 0.2) is 24.3 Å². The molecule has 0 aromatic heterocycles. The van der Waals surface area contributed by atoms with Gasteiger partial charge < -0.3 is 16.4 Å². The highest BCUT2D eigenvalue weighted by Gasteiger charge is 2.15. The van der Waals surface area contributed by atoms with Gasteiger partial charge in [-0.3, -0.25) is 0 Å². The molecule has 1 saturated heterocycles. The van der Waals surface area contributed by atoms with Gasteiger partial charge in [-0.1, -0.05) is 12.1 Å². The lowest BCUT2D eigenvalue weighted by molar-refractivity contribution is 0.259. The summed E-state index contributed by atoms with van der Waals surface area (Å²) in [6, 6.07) is 7.57. The molecule has 6 heteroatoms. The monoisotopic (exact) mass is 311 g/mol. The largest absolute Gasteiger partial charge is 0.351 e.